The number of nitrogens with zero attached hydrogens (tertiary/aromatic N) is 3. The molecule has 1 N–H and O–H groups in total. The molecule has 2 aromatic rings. The molecule has 0 aliphatic rings. The van der Waals surface area contributed by atoms with Crippen LogP contribution in [0.4, 0.5) is 5.13 Å². The van der Waals surface area contributed by atoms with Gasteiger partial charge in [0, 0.05) is 24.2 Å². The fourth-order valence-electron chi connectivity index (χ4n) is 1.66. The van der Waals surface area contributed by atoms with Crippen LogP contribution in [-0.4, -0.2) is 21.3 Å². The summed E-state index contributed by atoms with van der Waals surface area (Å²) in [7, 11) is 0. The van der Waals surface area contributed by atoms with Crippen LogP contribution in [0.5, 0.6) is 0 Å². The molecule has 92 valence electrons. The third-order valence-electron chi connectivity index (χ3n) is 2.40. The normalized spacial score (nSPS) is 10.8. The maximum atomic E-state index is 5.74. The first-order valence-corrected chi connectivity index (χ1v) is 6.77. The molecule has 0 atom stereocenters. The van der Waals surface area contributed by atoms with Crippen molar-refractivity contribution in [1.29, 1.82) is 0 Å². The zero-order valence-corrected chi connectivity index (χ0v) is 11.5. The van der Waals surface area contributed by atoms with E-state index in [9.17, 15) is 0 Å². The molecule has 0 fully saturated rings. The Morgan fingerprint density at radius 2 is 2.29 bits per heavy atom. The highest BCUT2D eigenvalue weighted by molar-refractivity contribution is 7.14. The smallest absolute Gasteiger partial charge is 0.184 e. The highest BCUT2D eigenvalue weighted by atomic mass is 35.5. The van der Waals surface area contributed by atoms with Crippen LogP contribution in [0.1, 0.15) is 17.8 Å². The van der Waals surface area contributed by atoms with E-state index in [1.54, 1.807) is 0 Å². The van der Waals surface area contributed by atoms with Gasteiger partial charge in [-0.05, 0) is 26.3 Å². The Morgan fingerprint density at radius 3 is 2.88 bits per heavy atom. The Labute approximate surface area is 110 Å². The molecular weight excluding hydrogens is 256 g/mol. The van der Waals surface area contributed by atoms with Crippen molar-refractivity contribution < 1.29 is 0 Å². The number of hydrogen-bond donors (Lipinski definition) is 1. The third kappa shape index (κ3) is 3.44. The average molecular weight is 271 g/mol. The van der Waals surface area contributed by atoms with Crippen molar-refractivity contribution in [1.82, 2.24) is 14.8 Å². The Morgan fingerprint density at radius 1 is 1.47 bits per heavy atom. The van der Waals surface area contributed by atoms with E-state index in [-0.39, 0.29) is 0 Å². The number of hydrogen-bond acceptors (Lipinski definition) is 4. The first-order valence-electron chi connectivity index (χ1n) is 5.51. The zero-order chi connectivity index (χ0) is 12.3. The highest BCUT2D eigenvalue weighted by Crippen LogP contribution is 2.18. The molecule has 0 saturated carbocycles. The fraction of sp³-hybridized carbons (Fsp3) is 0.455. The Hall–Kier alpha value is -1.07. The summed E-state index contributed by atoms with van der Waals surface area (Å²) < 4.78 is 2.03. The van der Waals surface area contributed by atoms with Crippen LogP contribution < -0.4 is 5.32 Å². The summed E-state index contributed by atoms with van der Waals surface area (Å²) in [4.78, 5) is 4.13. The molecule has 0 spiro atoms. The molecule has 0 unspecified atom stereocenters. The Balaban J connectivity index is 1.75. The van der Waals surface area contributed by atoms with Crippen molar-refractivity contribution in [3.8, 4) is 0 Å². The molecule has 0 aromatic carbocycles. The standard InChI is InChI=1S/C11H15ClN4S/c1-8-6-9(2)16(15-8)5-3-4-13-11-14-10(12)7-17-11/h6-7H,3-5H2,1-2H3,(H,13,14). The molecule has 0 amide bonds. The minimum absolute atomic E-state index is 0.552. The largest absolute Gasteiger partial charge is 0.361 e. The number of anilines is 1. The minimum Gasteiger partial charge on any atom is -0.361 e. The van der Waals surface area contributed by atoms with E-state index in [0.29, 0.717) is 5.15 Å². The van der Waals surface area contributed by atoms with Crippen LogP contribution in [0.25, 0.3) is 0 Å². The topological polar surface area (TPSA) is 42.7 Å². The predicted molar refractivity (Wildman–Crippen MR) is 71.9 cm³/mol. The summed E-state index contributed by atoms with van der Waals surface area (Å²) >= 11 is 7.26. The molecule has 0 bridgehead atoms. The molecule has 6 heteroatoms. The number of halogens is 1. The maximum Gasteiger partial charge on any atom is 0.184 e. The molecule has 0 aliphatic heterocycles. The third-order valence-corrected chi connectivity index (χ3v) is 3.53. The van der Waals surface area contributed by atoms with E-state index in [2.05, 4.69) is 28.4 Å². The van der Waals surface area contributed by atoms with E-state index >= 15 is 0 Å². The number of aryl methyl sites for hydroxylation is 3. The van der Waals surface area contributed by atoms with Gasteiger partial charge in [-0.15, -0.1) is 11.3 Å². The SMILES string of the molecule is Cc1cc(C)n(CCCNc2nc(Cl)cs2)n1. The van der Waals surface area contributed by atoms with Crippen molar-refractivity contribution in [2.45, 2.75) is 26.8 Å². The van der Waals surface area contributed by atoms with Crippen molar-refractivity contribution in [2.24, 2.45) is 0 Å². The van der Waals surface area contributed by atoms with Gasteiger partial charge in [-0.3, -0.25) is 4.68 Å². The van der Waals surface area contributed by atoms with Crippen LogP contribution in [0.3, 0.4) is 0 Å². The summed E-state index contributed by atoms with van der Waals surface area (Å²) in [5, 5.41) is 10.9. The van der Waals surface area contributed by atoms with Crippen molar-refractivity contribution in [2.75, 3.05) is 11.9 Å². The van der Waals surface area contributed by atoms with Crippen LogP contribution in [0.2, 0.25) is 5.15 Å². The van der Waals surface area contributed by atoms with E-state index < -0.39 is 0 Å². The van der Waals surface area contributed by atoms with Gasteiger partial charge in [0.25, 0.3) is 0 Å². The van der Waals surface area contributed by atoms with Gasteiger partial charge in [0.05, 0.1) is 5.69 Å². The molecule has 0 radical (unpaired) electrons. The quantitative estimate of drug-likeness (QED) is 0.849. The van der Waals surface area contributed by atoms with Gasteiger partial charge < -0.3 is 5.32 Å². The van der Waals surface area contributed by atoms with Gasteiger partial charge >= 0.3 is 0 Å². The van der Waals surface area contributed by atoms with Crippen LogP contribution in [0, 0.1) is 13.8 Å². The second-order valence-corrected chi connectivity index (χ2v) is 5.15. The lowest BCUT2D eigenvalue weighted by molar-refractivity contribution is 0.573. The first kappa shape index (κ1) is 12.4. The summed E-state index contributed by atoms with van der Waals surface area (Å²) in [6.07, 6.45) is 1.01. The number of thiazole rings is 1. The zero-order valence-electron chi connectivity index (χ0n) is 9.90. The fourth-order valence-corrected chi connectivity index (χ4v) is 2.53. The molecule has 0 saturated heterocycles. The lowest BCUT2D eigenvalue weighted by atomic mass is 10.4. The number of nitrogens with one attached hydrogen (secondary N) is 1. The van der Waals surface area contributed by atoms with Gasteiger partial charge in [-0.2, -0.15) is 5.10 Å². The summed E-state index contributed by atoms with van der Waals surface area (Å²) in [6, 6.07) is 2.09. The number of aromatic nitrogens is 3. The van der Waals surface area contributed by atoms with E-state index in [0.717, 1.165) is 30.3 Å². The molecular formula is C11H15ClN4S. The highest BCUT2D eigenvalue weighted by Gasteiger charge is 2.01. The molecule has 2 heterocycles. The molecule has 0 aliphatic carbocycles. The van der Waals surface area contributed by atoms with Gasteiger partial charge in [0.2, 0.25) is 0 Å². The average Bonchev–Trinajstić information content (AvgIpc) is 2.81. The molecule has 2 rings (SSSR count). The monoisotopic (exact) mass is 270 g/mol. The second-order valence-electron chi connectivity index (χ2n) is 3.91. The van der Waals surface area contributed by atoms with Crippen molar-refractivity contribution >= 4 is 28.1 Å². The van der Waals surface area contributed by atoms with Crippen LogP contribution in [-0.2, 0) is 6.54 Å². The van der Waals surface area contributed by atoms with Gasteiger partial charge in [-0.25, -0.2) is 4.98 Å². The van der Waals surface area contributed by atoms with Gasteiger partial charge in [-0.1, -0.05) is 11.6 Å². The number of rotatable bonds is 5. The van der Waals surface area contributed by atoms with Crippen molar-refractivity contribution in [3.63, 3.8) is 0 Å². The Kier molecular flexibility index (Phi) is 4.02. The first-order chi connectivity index (χ1) is 8.15. The molecule has 17 heavy (non-hydrogen) atoms. The lowest BCUT2D eigenvalue weighted by Gasteiger charge is -2.05. The van der Waals surface area contributed by atoms with Crippen molar-refractivity contribution in [3.05, 3.63) is 28.0 Å². The summed E-state index contributed by atoms with van der Waals surface area (Å²) in [6.45, 7) is 5.89. The second kappa shape index (κ2) is 5.51. The van der Waals surface area contributed by atoms with E-state index in [4.69, 9.17) is 11.6 Å². The van der Waals surface area contributed by atoms with E-state index in [1.165, 1.54) is 17.0 Å². The van der Waals surface area contributed by atoms with Crippen LogP contribution in [0.15, 0.2) is 11.4 Å². The lowest BCUT2D eigenvalue weighted by Crippen LogP contribution is -2.08. The minimum atomic E-state index is 0.552. The van der Waals surface area contributed by atoms with Crippen LogP contribution >= 0.6 is 22.9 Å². The van der Waals surface area contributed by atoms with Gasteiger partial charge in [0.15, 0.2) is 5.13 Å². The predicted octanol–water partition coefficient (Wildman–Crippen LogP) is 3.11. The molecule has 2 aromatic heterocycles. The van der Waals surface area contributed by atoms with E-state index in [1.807, 2.05) is 17.0 Å². The summed E-state index contributed by atoms with van der Waals surface area (Å²) in [5.74, 6) is 0. The summed E-state index contributed by atoms with van der Waals surface area (Å²) in [5.41, 5.74) is 2.28. The maximum absolute atomic E-state index is 5.74. The Bertz CT molecular complexity index is 491. The van der Waals surface area contributed by atoms with Gasteiger partial charge in [0.1, 0.15) is 5.15 Å². The molecule has 4 nitrogen and oxygen atoms in total.